The van der Waals surface area contributed by atoms with Crippen LogP contribution in [-0.2, 0) is 16.1 Å². The Bertz CT molecular complexity index is 1620. The second-order valence-electron chi connectivity index (χ2n) is 10.8. The molecule has 0 spiro atoms. The molecule has 1 aliphatic rings. The van der Waals surface area contributed by atoms with E-state index in [1.54, 1.807) is 63.2 Å². The Kier molecular flexibility index (Phi) is 11.0. The molecule has 4 aromatic rings. The van der Waals surface area contributed by atoms with Gasteiger partial charge < -0.3 is 28.8 Å². The molecule has 0 saturated heterocycles. The molecule has 0 saturated carbocycles. The summed E-state index contributed by atoms with van der Waals surface area (Å²) in [7, 11) is 3.37. The number of nitrogens with one attached hydrogen (secondary N) is 1. The summed E-state index contributed by atoms with van der Waals surface area (Å²) in [6.45, 7) is 4.97. The third-order valence-electron chi connectivity index (χ3n) is 7.68. The fourth-order valence-corrected chi connectivity index (χ4v) is 5.25. The summed E-state index contributed by atoms with van der Waals surface area (Å²) in [6.07, 6.45) is 8.30. The number of amides is 2. The lowest BCUT2D eigenvalue weighted by Crippen LogP contribution is -2.46. The van der Waals surface area contributed by atoms with Crippen molar-refractivity contribution in [3.05, 3.63) is 83.2 Å². The molecule has 0 bridgehead atoms. The van der Waals surface area contributed by atoms with E-state index in [1.165, 1.54) is 16.1 Å². The zero-order valence-corrected chi connectivity index (χ0v) is 26.2. The van der Waals surface area contributed by atoms with E-state index in [2.05, 4.69) is 10.3 Å². The number of carbonyl (C=O) groups excluding carboxylic acids is 2. The van der Waals surface area contributed by atoms with Crippen LogP contribution in [0.15, 0.2) is 76.5 Å². The van der Waals surface area contributed by atoms with Gasteiger partial charge in [0.15, 0.2) is 5.58 Å². The number of carbonyl (C=O) groups is 2. The fourth-order valence-electron chi connectivity index (χ4n) is 5.25. The first kappa shape index (κ1) is 33.6. The lowest BCUT2D eigenvalue weighted by atomic mass is 9.90. The average Bonchev–Trinajstić information content (AvgIpc) is 3.46. The summed E-state index contributed by atoms with van der Waals surface area (Å²) in [6, 6.07) is 13.1. The topological polar surface area (TPSA) is 110 Å². The van der Waals surface area contributed by atoms with Crippen molar-refractivity contribution in [1.29, 1.82) is 0 Å². The van der Waals surface area contributed by atoms with Gasteiger partial charge in [-0.3, -0.25) is 19.4 Å². The Hall–Kier alpha value is -3.86. The number of hydrogen-bond donors (Lipinski definition) is 1. The van der Waals surface area contributed by atoms with Crippen LogP contribution >= 0.6 is 24.8 Å². The molecule has 12 heteroatoms. The van der Waals surface area contributed by atoms with Crippen molar-refractivity contribution in [2.45, 2.75) is 39.3 Å². The third-order valence-corrected chi connectivity index (χ3v) is 7.68. The first-order valence-electron chi connectivity index (χ1n) is 13.7. The van der Waals surface area contributed by atoms with Gasteiger partial charge in [0.2, 0.25) is 11.8 Å². The number of aryl methyl sites for hydroxylation is 1. The Labute approximate surface area is 262 Å². The molecule has 4 heterocycles. The highest BCUT2D eigenvalue weighted by Crippen LogP contribution is 2.39. The zero-order chi connectivity index (χ0) is 29.1. The van der Waals surface area contributed by atoms with Crippen molar-refractivity contribution in [2.24, 2.45) is 5.41 Å². The van der Waals surface area contributed by atoms with Crippen LogP contribution in [0.5, 0.6) is 5.75 Å². The first-order chi connectivity index (χ1) is 19.7. The van der Waals surface area contributed by atoms with Gasteiger partial charge in [0.05, 0.1) is 24.2 Å². The highest BCUT2D eigenvalue weighted by Gasteiger charge is 2.44. The van der Waals surface area contributed by atoms with Crippen molar-refractivity contribution in [2.75, 3.05) is 37.0 Å². The molecule has 1 aromatic carbocycles. The van der Waals surface area contributed by atoms with E-state index < -0.39 is 5.41 Å². The molecular formula is C31H37Cl2N5O5. The van der Waals surface area contributed by atoms with Gasteiger partial charge in [-0.15, -0.1) is 24.8 Å². The largest absolute Gasteiger partial charge is 0.493 e. The summed E-state index contributed by atoms with van der Waals surface area (Å²) in [5.74, 6) is 0.119. The monoisotopic (exact) mass is 629 g/mol. The molecule has 1 atom stereocenters. The van der Waals surface area contributed by atoms with Gasteiger partial charge in [-0.2, -0.15) is 0 Å². The van der Waals surface area contributed by atoms with Crippen LogP contribution in [0.4, 0.5) is 11.4 Å². The number of ether oxygens (including phenoxy) is 1. The van der Waals surface area contributed by atoms with Crippen molar-refractivity contribution in [1.82, 2.24) is 14.9 Å². The highest BCUT2D eigenvalue weighted by molar-refractivity contribution is 6.19. The van der Waals surface area contributed by atoms with Gasteiger partial charge in [0.25, 0.3) is 5.56 Å². The molecule has 0 fully saturated rings. The van der Waals surface area contributed by atoms with Crippen LogP contribution in [0.1, 0.15) is 38.3 Å². The van der Waals surface area contributed by atoms with E-state index in [0.717, 1.165) is 17.4 Å². The minimum Gasteiger partial charge on any atom is -0.493 e. The van der Waals surface area contributed by atoms with E-state index in [4.69, 9.17) is 9.15 Å². The van der Waals surface area contributed by atoms with E-state index in [9.17, 15) is 14.4 Å². The molecule has 43 heavy (non-hydrogen) atoms. The van der Waals surface area contributed by atoms with Crippen LogP contribution < -0.4 is 25.4 Å². The maximum Gasteiger partial charge on any atom is 0.294 e. The van der Waals surface area contributed by atoms with Gasteiger partial charge in [-0.1, -0.05) is 0 Å². The van der Waals surface area contributed by atoms with Crippen LogP contribution in [0.25, 0.3) is 11.0 Å². The molecule has 0 radical (unpaired) electrons. The number of halogens is 2. The minimum absolute atomic E-state index is 0. The summed E-state index contributed by atoms with van der Waals surface area (Å²) in [4.78, 5) is 45.8. The molecule has 10 nitrogen and oxygen atoms in total. The second-order valence-corrected chi connectivity index (χ2v) is 10.8. The Morgan fingerprint density at radius 2 is 1.65 bits per heavy atom. The third kappa shape index (κ3) is 6.87. The van der Waals surface area contributed by atoms with Crippen molar-refractivity contribution in [3.8, 4) is 5.75 Å². The molecule has 0 aliphatic carbocycles. The number of rotatable bonds is 10. The summed E-state index contributed by atoms with van der Waals surface area (Å²) < 4.78 is 13.1. The molecular weight excluding hydrogens is 593 g/mol. The van der Waals surface area contributed by atoms with Crippen LogP contribution in [0.3, 0.4) is 0 Å². The maximum absolute atomic E-state index is 13.0. The molecule has 1 aliphatic heterocycles. The van der Waals surface area contributed by atoms with Gasteiger partial charge in [0, 0.05) is 56.7 Å². The summed E-state index contributed by atoms with van der Waals surface area (Å²) in [5.41, 5.74) is 1.46. The summed E-state index contributed by atoms with van der Waals surface area (Å²) >= 11 is 0. The van der Waals surface area contributed by atoms with Gasteiger partial charge in [0.1, 0.15) is 11.2 Å². The highest BCUT2D eigenvalue weighted by atomic mass is 35.5. The molecule has 5 rings (SSSR count). The SMILES string of the molecule is CN1C(=O)C(C)(C)C(=O)N(C)c2cc(OCCCNC(CCn3ccc4ccoc4c3=O)c3ccncc3)ccc21.Cl.Cl. The fraction of sp³-hybridized carbons (Fsp3) is 0.355. The predicted molar refractivity (Wildman–Crippen MR) is 172 cm³/mol. The van der Waals surface area contributed by atoms with Crippen molar-refractivity contribution >= 4 is 59.0 Å². The Balaban J connectivity index is 0.00000253. The average molecular weight is 631 g/mol. The zero-order valence-electron chi connectivity index (χ0n) is 24.6. The van der Waals surface area contributed by atoms with Crippen LogP contribution in [0.2, 0.25) is 0 Å². The maximum atomic E-state index is 13.0. The van der Waals surface area contributed by atoms with Crippen LogP contribution in [0, 0.1) is 5.41 Å². The number of aromatic nitrogens is 2. The Morgan fingerprint density at radius 3 is 2.37 bits per heavy atom. The van der Waals surface area contributed by atoms with Crippen molar-refractivity contribution in [3.63, 3.8) is 0 Å². The van der Waals surface area contributed by atoms with E-state index in [1.807, 2.05) is 30.3 Å². The van der Waals surface area contributed by atoms with Crippen molar-refractivity contribution < 1.29 is 18.7 Å². The van der Waals surface area contributed by atoms with E-state index >= 15 is 0 Å². The smallest absolute Gasteiger partial charge is 0.294 e. The minimum atomic E-state index is -1.15. The number of furan rings is 1. The number of hydrogen-bond acceptors (Lipinski definition) is 7. The van der Waals surface area contributed by atoms with E-state index in [-0.39, 0.29) is 48.2 Å². The predicted octanol–water partition coefficient (Wildman–Crippen LogP) is 4.99. The molecule has 230 valence electrons. The molecule has 1 unspecified atom stereocenters. The number of anilines is 2. The Morgan fingerprint density at radius 1 is 0.953 bits per heavy atom. The first-order valence-corrected chi connectivity index (χ1v) is 13.7. The van der Waals surface area contributed by atoms with Gasteiger partial charge in [-0.05, 0) is 75.2 Å². The number of fused-ring (bicyclic) bond motifs is 2. The number of nitrogens with zero attached hydrogens (tertiary/aromatic N) is 4. The second kappa shape index (κ2) is 14.1. The number of pyridine rings is 2. The van der Waals surface area contributed by atoms with Gasteiger partial charge in [-0.25, -0.2) is 0 Å². The molecule has 1 N–H and O–H groups in total. The number of benzene rings is 1. The van der Waals surface area contributed by atoms with E-state index in [0.29, 0.717) is 48.8 Å². The lowest BCUT2D eigenvalue weighted by molar-refractivity contribution is -0.137. The lowest BCUT2D eigenvalue weighted by Gasteiger charge is -2.25. The summed E-state index contributed by atoms with van der Waals surface area (Å²) in [5, 5.41) is 4.39. The standard InChI is InChI=1S/C31H35N5O5.2ClH/c1-31(2)29(38)34(3)25-7-6-23(20-26(25)35(4)30(31)39)40-18-5-13-33-24(21-8-14-32-15-9-21)11-17-36-16-10-22-12-19-41-27(22)28(36)37;;/h6-10,12,14-16,19-20,24,33H,5,11,13,17-18H2,1-4H3;2*1H. The quantitative estimate of drug-likeness (QED) is 0.194. The normalized spacial score (nSPS) is 14.9. The van der Waals surface area contributed by atoms with Gasteiger partial charge >= 0.3 is 0 Å². The molecule has 2 amide bonds. The van der Waals surface area contributed by atoms with Crippen LogP contribution in [-0.4, -0.2) is 48.6 Å². The molecule has 3 aromatic heterocycles.